The van der Waals surface area contributed by atoms with Crippen molar-refractivity contribution in [3.8, 4) is 0 Å². The largest absolute Gasteiger partial charge is 0.481 e. The third-order valence-corrected chi connectivity index (χ3v) is 18.7. The van der Waals surface area contributed by atoms with Gasteiger partial charge in [-0.25, -0.2) is 0 Å². The first-order valence-corrected chi connectivity index (χ1v) is 23.1. The van der Waals surface area contributed by atoms with Crippen molar-refractivity contribution in [2.24, 2.45) is 50.2 Å². The van der Waals surface area contributed by atoms with Crippen molar-refractivity contribution in [1.82, 2.24) is 0 Å². The molecular formula is C46H74O16. The van der Waals surface area contributed by atoms with Crippen molar-refractivity contribution < 1.29 is 79.2 Å². The molecule has 0 spiro atoms. The Balaban J connectivity index is 1.02. The number of carbonyl (C=O) groups is 1. The molecule has 0 bridgehead atoms. The highest BCUT2D eigenvalue weighted by Gasteiger charge is 2.70. The lowest BCUT2D eigenvalue weighted by Crippen LogP contribution is -2.67. The summed E-state index contributed by atoms with van der Waals surface area (Å²) >= 11 is 0. The molecule has 9 N–H and O–H groups in total. The summed E-state index contributed by atoms with van der Waals surface area (Å²) in [7, 11) is 0. The number of carboxylic acid groups (broad SMARTS) is 1. The molecule has 0 amide bonds. The SMILES string of the molecule is CC1OC(OC2C(O)OCC(O)C2OC2CCC3(C)C(CCC4(C)C3CC=C3C5CC(C)(C)CCC5(C(=O)O)CCC34C)C2(C)CO)C(O)C(OC2OCC(O)C(O)C2O)C1O. The van der Waals surface area contributed by atoms with Gasteiger partial charge in [-0.3, -0.25) is 4.79 Å². The minimum absolute atomic E-state index is 0.00342. The highest BCUT2D eigenvalue weighted by molar-refractivity contribution is 5.76. The van der Waals surface area contributed by atoms with Gasteiger partial charge >= 0.3 is 5.97 Å². The second-order valence-electron chi connectivity index (χ2n) is 22.4. The molecule has 62 heavy (non-hydrogen) atoms. The van der Waals surface area contributed by atoms with E-state index in [1.165, 1.54) is 12.5 Å². The quantitative estimate of drug-likeness (QED) is 0.158. The Labute approximate surface area is 364 Å². The van der Waals surface area contributed by atoms with Crippen LogP contribution in [0.25, 0.3) is 0 Å². The van der Waals surface area contributed by atoms with Crippen molar-refractivity contribution in [3.63, 3.8) is 0 Å². The molecular weight excluding hydrogens is 808 g/mol. The summed E-state index contributed by atoms with van der Waals surface area (Å²) in [5.74, 6) is -0.365. The maximum absolute atomic E-state index is 13.1. The predicted molar refractivity (Wildman–Crippen MR) is 219 cm³/mol. The molecule has 0 aromatic heterocycles. The van der Waals surface area contributed by atoms with Gasteiger partial charge in [-0.1, -0.05) is 53.2 Å². The summed E-state index contributed by atoms with van der Waals surface area (Å²) < 4.78 is 35.5. The van der Waals surface area contributed by atoms with Crippen LogP contribution < -0.4 is 0 Å². The number of aliphatic hydroxyl groups is 8. The van der Waals surface area contributed by atoms with Gasteiger partial charge < -0.3 is 74.4 Å². The van der Waals surface area contributed by atoms with Gasteiger partial charge in [-0.15, -0.1) is 0 Å². The van der Waals surface area contributed by atoms with Gasteiger partial charge in [0.25, 0.3) is 0 Å². The molecule has 22 atom stereocenters. The normalized spacial score (nSPS) is 55.1. The van der Waals surface area contributed by atoms with Crippen molar-refractivity contribution in [3.05, 3.63) is 11.6 Å². The summed E-state index contributed by atoms with van der Waals surface area (Å²) in [5, 5.41) is 97.9. The first-order chi connectivity index (χ1) is 29.0. The Bertz CT molecular complexity index is 1690. The summed E-state index contributed by atoms with van der Waals surface area (Å²) in [4.78, 5) is 13.1. The molecule has 0 aromatic rings. The van der Waals surface area contributed by atoms with Gasteiger partial charge in [0.05, 0.1) is 37.4 Å². The van der Waals surface area contributed by atoms with Crippen LogP contribution in [0.15, 0.2) is 11.6 Å². The fraction of sp³-hybridized carbons (Fsp3) is 0.935. The van der Waals surface area contributed by atoms with Crippen molar-refractivity contribution >= 4 is 5.97 Å². The number of aliphatic carboxylic acids is 1. The second kappa shape index (κ2) is 16.5. The summed E-state index contributed by atoms with van der Waals surface area (Å²) in [6, 6.07) is 0. The molecule has 7 fully saturated rings. The van der Waals surface area contributed by atoms with Gasteiger partial charge in [0, 0.05) is 5.41 Å². The van der Waals surface area contributed by atoms with E-state index in [1.807, 2.05) is 0 Å². The minimum atomic E-state index is -1.73. The number of rotatable bonds is 8. The first-order valence-electron chi connectivity index (χ1n) is 23.1. The Hall–Kier alpha value is -1.35. The van der Waals surface area contributed by atoms with Gasteiger partial charge in [-0.05, 0) is 111 Å². The number of hydrogen-bond donors (Lipinski definition) is 9. The maximum Gasteiger partial charge on any atom is 0.310 e. The van der Waals surface area contributed by atoms with Crippen LogP contribution in [-0.2, 0) is 33.2 Å². The van der Waals surface area contributed by atoms with E-state index in [2.05, 4.69) is 47.6 Å². The van der Waals surface area contributed by atoms with Crippen LogP contribution in [0.4, 0.5) is 0 Å². The molecule has 3 aliphatic heterocycles. The Kier molecular flexibility index (Phi) is 12.5. The van der Waals surface area contributed by atoms with E-state index in [-0.39, 0.29) is 59.2 Å². The lowest BCUT2D eigenvalue weighted by molar-refractivity contribution is -0.375. The highest BCUT2D eigenvalue weighted by Crippen LogP contribution is 2.76. The van der Waals surface area contributed by atoms with Crippen LogP contribution in [0.3, 0.4) is 0 Å². The van der Waals surface area contributed by atoms with Crippen LogP contribution in [0, 0.1) is 50.2 Å². The zero-order valence-electron chi connectivity index (χ0n) is 37.5. The van der Waals surface area contributed by atoms with E-state index in [0.29, 0.717) is 19.3 Å². The third kappa shape index (κ3) is 7.19. The van der Waals surface area contributed by atoms with Crippen LogP contribution in [0.1, 0.15) is 113 Å². The maximum atomic E-state index is 13.1. The number of ether oxygens (including phenoxy) is 6. The van der Waals surface area contributed by atoms with Crippen LogP contribution in [0.5, 0.6) is 0 Å². The van der Waals surface area contributed by atoms with E-state index in [9.17, 15) is 50.8 Å². The Morgan fingerprint density at radius 1 is 0.726 bits per heavy atom. The zero-order chi connectivity index (χ0) is 45.1. The molecule has 8 aliphatic rings. The zero-order valence-corrected chi connectivity index (χ0v) is 37.5. The third-order valence-electron chi connectivity index (χ3n) is 18.7. The van der Waals surface area contributed by atoms with Crippen molar-refractivity contribution in [2.75, 3.05) is 19.8 Å². The molecule has 3 saturated heterocycles. The fourth-order valence-corrected chi connectivity index (χ4v) is 14.6. The smallest absolute Gasteiger partial charge is 0.310 e. The van der Waals surface area contributed by atoms with Crippen LogP contribution in [0.2, 0.25) is 0 Å². The fourth-order valence-electron chi connectivity index (χ4n) is 14.6. The molecule has 3 heterocycles. The van der Waals surface area contributed by atoms with E-state index < -0.39 is 103 Å². The number of aliphatic hydroxyl groups excluding tert-OH is 8. The van der Waals surface area contributed by atoms with E-state index >= 15 is 0 Å². The molecule has 0 radical (unpaired) electrons. The highest BCUT2D eigenvalue weighted by atomic mass is 16.7. The van der Waals surface area contributed by atoms with Gasteiger partial charge in [0.1, 0.15) is 54.9 Å². The average Bonchev–Trinajstić information content (AvgIpc) is 3.21. The lowest BCUT2D eigenvalue weighted by Gasteiger charge is -2.71. The summed E-state index contributed by atoms with van der Waals surface area (Å²) in [6.07, 6.45) is -9.16. The molecule has 0 aromatic carbocycles. The van der Waals surface area contributed by atoms with Crippen LogP contribution in [-0.4, -0.2) is 158 Å². The standard InChI is InChI=1S/C46H74O16/c1-22-30(50)35(61-38-32(52)31(51)25(48)19-58-38)33(53)39(59-22)62-36-34(26(49)20-57-37(36)54)60-29-11-12-42(4)27(43(29,5)21-47)10-13-45(7)28(42)9-8-23-24-18-41(2,3)14-16-46(24,40(55)56)17-15-44(23,45)6/h8,22,24-39,47-54H,9-21H2,1-7H3,(H,55,56). The van der Waals surface area contributed by atoms with Crippen molar-refractivity contribution in [2.45, 2.75) is 199 Å². The molecule has 4 saturated carbocycles. The van der Waals surface area contributed by atoms with E-state index in [1.54, 1.807) is 0 Å². The number of hydrogen-bond acceptors (Lipinski definition) is 15. The van der Waals surface area contributed by atoms with Gasteiger partial charge in [-0.2, -0.15) is 0 Å². The monoisotopic (exact) mass is 882 g/mol. The minimum Gasteiger partial charge on any atom is -0.481 e. The molecule has 5 aliphatic carbocycles. The summed E-state index contributed by atoms with van der Waals surface area (Å²) in [5.41, 5.74) is -0.561. The number of carboxylic acids is 1. The van der Waals surface area contributed by atoms with Gasteiger partial charge in [0.15, 0.2) is 18.9 Å². The predicted octanol–water partition coefficient (Wildman–Crippen LogP) is 1.98. The van der Waals surface area contributed by atoms with Crippen molar-refractivity contribution in [1.29, 1.82) is 0 Å². The van der Waals surface area contributed by atoms with Crippen LogP contribution >= 0.6 is 0 Å². The number of fused-ring (bicyclic) bond motifs is 7. The molecule has 354 valence electrons. The summed E-state index contributed by atoms with van der Waals surface area (Å²) in [6.45, 7) is 14.5. The Morgan fingerprint density at radius 3 is 2.10 bits per heavy atom. The average molecular weight is 883 g/mol. The van der Waals surface area contributed by atoms with E-state index in [0.717, 1.165) is 44.9 Å². The molecule has 8 rings (SSSR count). The number of allylic oxidation sites excluding steroid dienone is 2. The molecule has 22 unspecified atom stereocenters. The van der Waals surface area contributed by atoms with E-state index in [4.69, 9.17) is 28.4 Å². The topological polar surface area (TPSA) is 255 Å². The van der Waals surface area contributed by atoms with Gasteiger partial charge in [0.2, 0.25) is 0 Å². The second-order valence-corrected chi connectivity index (χ2v) is 22.4. The molecule has 16 heteroatoms. The molecule has 16 nitrogen and oxygen atoms in total. The first kappa shape index (κ1) is 47.2. The Morgan fingerprint density at radius 2 is 1.40 bits per heavy atom. The lowest BCUT2D eigenvalue weighted by atomic mass is 9.33.